The number of para-hydroxylation sites is 3. The van der Waals surface area contributed by atoms with Crippen molar-refractivity contribution in [3.63, 3.8) is 0 Å². The molecule has 0 amide bonds. The van der Waals surface area contributed by atoms with Crippen LogP contribution in [0.4, 0.5) is 34.1 Å². The minimum Gasteiger partial charge on any atom is -0.454 e. The van der Waals surface area contributed by atoms with Crippen LogP contribution in [0.1, 0.15) is 58.2 Å². The fraction of sp³-hybridized carbons (Fsp3) is 0.153. The van der Waals surface area contributed by atoms with E-state index < -0.39 is 10.8 Å². The number of rotatable bonds is 4. The van der Waals surface area contributed by atoms with Gasteiger partial charge in [-0.3, -0.25) is 0 Å². The largest absolute Gasteiger partial charge is 0.454 e. The molecule has 1 atom stereocenters. The van der Waals surface area contributed by atoms with Gasteiger partial charge in [-0.2, -0.15) is 0 Å². The van der Waals surface area contributed by atoms with Gasteiger partial charge in [-0.25, -0.2) is 4.21 Å². The van der Waals surface area contributed by atoms with Gasteiger partial charge in [-0.1, -0.05) is 139 Å². The molecule has 3 aliphatic rings. The van der Waals surface area contributed by atoms with E-state index >= 15 is 0 Å². The lowest BCUT2D eigenvalue weighted by atomic mass is 9.33. The van der Waals surface area contributed by atoms with Gasteiger partial charge < -0.3 is 18.8 Å². The van der Waals surface area contributed by atoms with E-state index in [4.69, 9.17) is 4.42 Å². The van der Waals surface area contributed by atoms with Gasteiger partial charge in [-0.05, 0) is 118 Å². The van der Waals surface area contributed by atoms with Gasteiger partial charge in [0.05, 0.1) is 16.1 Å². The zero-order valence-corrected chi connectivity index (χ0v) is 39.0. The summed E-state index contributed by atoms with van der Waals surface area (Å²) < 4.78 is 24.0. The van der Waals surface area contributed by atoms with Crippen molar-refractivity contribution in [2.24, 2.45) is 0 Å². The summed E-state index contributed by atoms with van der Waals surface area (Å²) in [5, 5.41) is 4.18. The summed E-state index contributed by atoms with van der Waals surface area (Å²) in [6, 6.07) is 59.8. The van der Waals surface area contributed by atoms with E-state index in [0.29, 0.717) is 0 Å². The molecule has 3 aliphatic heterocycles. The molecule has 0 saturated carbocycles. The monoisotopic (exact) mass is 873 g/mol. The van der Waals surface area contributed by atoms with Crippen molar-refractivity contribution in [3.05, 3.63) is 180 Å². The van der Waals surface area contributed by atoms with Gasteiger partial charge in [-0.15, -0.1) is 0 Å². The van der Waals surface area contributed by atoms with E-state index in [2.05, 4.69) is 208 Å². The SMILES string of the molecule is Cc1cc2c3c(c1)-n1c4c(c5cccc(c51)B3c1ccc(N(c3ccc(C(C)(C)C)cc3)c3ccc(C(C)(C)C)cc3)cc1N2c1cccc2c1oc1ccccc12)-c1ccccc1S4=O. The van der Waals surface area contributed by atoms with Crippen molar-refractivity contribution in [3.8, 4) is 16.8 Å². The third-order valence-corrected chi connectivity index (χ3v) is 15.8. The highest BCUT2D eigenvalue weighted by atomic mass is 32.2. The molecule has 0 aliphatic carbocycles. The van der Waals surface area contributed by atoms with Crippen molar-refractivity contribution in [1.82, 2.24) is 4.57 Å². The molecule has 13 rings (SSSR count). The number of hydrogen-bond donors (Lipinski definition) is 0. The first-order chi connectivity index (χ1) is 31.8. The van der Waals surface area contributed by atoms with Crippen LogP contribution in [0.5, 0.6) is 0 Å². The number of benzene rings is 8. The van der Waals surface area contributed by atoms with E-state index in [9.17, 15) is 4.21 Å². The van der Waals surface area contributed by atoms with Gasteiger partial charge in [0.1, 0.15) is 21.4 Å². The Morgan fingerprint density at radius 3 is 1.91 bits per heavy atom. The Labute approximate surface area is 388 Å². The van der Waals surface area contributed by atoms with E-state index in [1.54, 1.807) is 0 Å². The lowest BCUT2D eigenvalue weighted by Crippen LogP contribution is -2.60. The first-order valence-corrected chi connectivity index (χ1v) is 24.2. The second-order valence-electron chi connectivity index (χ2n) is 20.4. The van der Waals surface area contributed by atoms with Crippen LogP contribution in [0.25, 0.3) is 49.7 Å². The molecule has 320 valence electrons. The van der Waals surface area contributed by atoms with Gasteiger partial charge in [0.15, 0.2) is 5.58 Å². The van der Waals surface area contributed by atoms with Crippen LogP contribution in [-0.4, -0.2) is 15.5 Å². The maximum absolute atomic E-state index is 14.8. The second kappa shape index (κ2) is 13.7. The fourth-order valence-corrected chi connectivity index (χ4v) is 12.7. The van der Waals surface area contributed by atoms with Crippen LogP contribution in [-0.2, 0) is 21.6 Å². The van der Waals surface area contributed by atoms with E-state index in [1.807, 2.05) is 18.2 Å². The molecule has 0 saturated heterocycles. The molecule has 5 heterocycles. The zero-order valence-electron chi connectivity index (χ0n) is 38.2. The molecule has 66 heavy (non-hydrogen) atoms. The molecule has 0 spiro atoms. The van der Waals surface area contributed by atoms with E-state index in [1.165, 1.54) is 27.5 Å². The molecule has 2 aromatic heterocycles. The number of anilines is 6. The third-order valence-electron chi connectivity index (χ3n) is 14.3. The average Bonchev–Trinajstić information content (AvgIpc) is 3.96. The maximum atomic E-state index is 14.8. The predicted molar refractivity (Wildman–Crippen MR) is 277 cm³/mol. The third kappa shape index (κ3) is 5.50. The minimum absolute atomic E-state index is 0.0212. The first kappa shape index (κ1) is 39.3. The highest BCUT2D eigenvalue weighted by Gasteiger charge is 2.45. The summed E-state index contributed by atoms with van der Waals surface area (Å²) in [5.74, 6) is 0. The molecule has 7 heteroatoms. The summed E-state index contributed by atoms with van der Waals surface area (Å²) in [7, 11) is -1.35. The topological polar surface area (TPSA) is 41.6 Å². The minimum atomic E-state index is -1.35. The van der Waals surface area contributed by atoms with Gasteiger partial charge in [0, 0.05) is 61.4 Å². The standard InChI is InChI=1S/C59H48BN3O2S/c1-35-32-49-54-50(33-35)63-55-44(53-43-15-9-11-21-52(43)66(64)57(53)63)17-12-18-46(55)60(54)45-31-30-40(34-48(45)62(49)47-19-13-16-42-41-14-8-10-20-51(41)65-56(42)47)61(38-26-22-36(23-27-38)58(2,3)4)39-28-24-37(25-29-39)59(5,6)7/h8-34H,1-7H3. The molecule has 10 aromatic rings. The van der Waals surface area contributed by atoms with Crippen LogP contribution in [0, 0.1) is 6.92 Å². The van der Waals surface area contributed by atoms with Crippen LogP contribution >= 0.6 is 0 Å². The van der Waals surface area contributed by atoms with Gasteiger partial charge in [0.25, 0.3) is 6.71 Å². The highest BCUT2D eigenvalue weighted by molar-refractivity contribution is 7.85. The smallest absolute Gasteiger partial charge is 0.252 e. The number of aromatic nitrogens is 1. The summed E-state index contributed by atoms with van der Waals surface area (Å²) in [6.45, 7) is 15.7. The van der Waals surface area contributed by atoms with Crippen LogP contribution in [0.3, 0.4) is 0 Å². The van der Waals surface area contributed by atoms with Crippen molar-refractivity contribution >= 4 is 101 Å². The molecular formula is C59H48BN3O2S. The van der Waals surface area contributed by atoms with Crippen molar-refractivity contribution < 1.29 is 8.63 Å². The molecular weight excluding hydrogens is 826 g/mol. The predicted octanol–water partition coefficient (Wildman–Crippen LogP) is 13.7. The van der Waals surface area contributed by atoms with E-state index in [-0.39, 0.29) is 17.5 Å². The Morgan fingerprint density at radius 1 is 0.561 bits per heavy atom. The normalized spacial score (nSPS) is 14.7. The molecule has 0 N–H and O–H groups in total. The maximum Gasteiger partial charge on any atom is 0.252 e. The Kier molecular flexibility index (Phi) is 8.17. The number of hydrogen-bond acceptors (Lipinski definition) is 4. The zero-order chi connectivity index (χ0) is 45.0. The average molecular weight is 874 g/mol. The number of fused-ring (bicyclic) bond motifs is 12. The molecule has 0 radical (unpaired) electrons. The number of aryl methyl sites for hydroxylation is 1. The molecule has 5 nitrogen and oxygen atoms in total. The van der Waals surface area contributed by atoms with Crippen molar-refractivity contribution in [1.29, 1.82) is 0 Å². The lowest BCUT2D eigenvalue weighted by molar-refractivity contribution is 0.590. The highest BCUT2D eigenvalue weighted by Crippen LogP contribution is 2.51. The van der Waals surface area contributed by atoms with Crippen LogP contribution in [0.15, 0.2) is 178 Å². The quantitative estimate of drug-likeness (QED) is 0.165. The second-order valence-corrected chi connectivity index (χ2v) is 21.8. The van der Waals surface area contributed by atoms with Crippen LogP contribution in [0.2, 0.25) is 0 Å². The Balaban J connectivity index is 1.11. The summed E-state index contributed by atoms with van der Waals surface area (Å²) in [4.78, 5) is 5.74. The number of furan rings is 1. The van der Waals surface area contributed by atoms with Crippen molar-refractivity contribution in [2.45, 2.75) is 69.2 Å². The Hall–Kier alpha value is -7.09. The summed E-state index contributed by atoms with van der Waals surface area (Å²) in [6.07, 6.45) is 0. The first-order valence-electron chi connectivity index (χ1n) is 23.0. The Morgan fingerprint density at radius 2 is 1.18 bits per heavy atom. The molecule has 8 aromatic carbocycles. The summed E-state index contributed by atoms with van der Waals surface area (Å²) in [5.41, 5.74) is 19.8. The molecule has 0 fully saturated rings. The molecule has 0 bridgehead atoms. The van der Waals surface area contributed by atoms with Crippen molar-refractivity contribution in [2.75, 3.05) is 9.80 Å². The van der Waals surface area contributed by atoms with Crippen LogP contribution < -0.4 is 26.2 Å². The number of nitrogens with zero attached hydrogens (tertiary/aromatic N) is 3. The summed E-state index contributed by atoms with van der Waals surface area (Å²) >= 11 is 0. The fourth-order valence-electron chi connectivity index (χ4n) is 11.2. The Bertz CT molecular complexity index is 3660. The van der Waals surface area contributed by atoms with Gasteiger partial charge in [0.2, 0.25) is 0 Å². The van der Waals surface area contributed by atoms with E-state index in [0.717, 1.165) is 99.3 Å². The lowest BCUT2D eigenvalue weighted by Gasteiger charge is -2.41. The van der Waals surface area contributed by atoms with Gasteiger partial charge >= 0.3 is 0 Å². The molecule has 1 unspecified atom stereocenters.